The predicted octanol–water partition coefficient (Wildman–Crippen LogP) is 20.4. The molecule has 0 saturated heterocycles. The zero-order valence-electron chi connectivity index (χ0n) is 55.1. The lowest BCUT2D eigenvalue weighted by molar-refractivity contribution is -0.870. The Morgan fingerprint density at radius 3 is 1.04 bits per heavy atom. The highest BCUT2D eigenvalue weighted by Gasteiger charge is 2.22. The zero-order valence-corrected chi connectivity index (χ0v) is 55.1. The third-order valence-corrected chi connectivity index (χ3v) is 15.4. The SMILES string of the molecule is CC/C=C\C/C=C\C/C=C\C/C=C\C/C=C\CCCCCCCCCCCCCCCCCC(=O)OC(COC(=O)CCCCCCCCCCCCCCCCC/C=C\CCCCCCCCCC)COC(OCC[N+](C)(C)C)C(=O)[O-]. The number of carboxylic acid groups (broad SMARTS) is 1. The van der Waals surface area contributed by atoms with Gasteiger partial charge in [0.15, 0.2) is 12.4 Å². The van der Waals surface area contributed by atoms with E-state index >= 15 is 0 Å². The largest absolute Gasteiger partial charge is 0.545 e. The molecule has 0 bridgehead atoms. The Labute approximate surface area is 513 Å². The van der Waals surface area contributed by atoms with Crippen molar-refractivity contribution >= 4 is 17.9 Å². The van der Waals surface area contributed by atoms with Gasteiger partial charge in [0.25, 0.3) is 0 Å². The Kier molecular flexibility index (Phi) is 62.2. The van der Waals surface area contributed by atoms with E-state index in [0.29, 0.717) is 23.9 Å². The summed E-state index contributed by atoms with van der Waals surface area (Å²) < 4.78 is 22.8. The number of hydrogen-bond acceptors (Lipinski definition) is 8. The third-order valence-electron chi connectivity index (χ3n) is 15.4. The standard InChI is InChI=1S/C74H133NO8/c1-6-8-10-12-14-16-18-20-22-24-26-28-30-32-34-35-36-37-39-41-43-45-47-49-51-53-55-57-59-61-63-65-72(77)83-70(69-82-74(73(78)79)80-67-66-75(3,4)5)68-81-71(76)64-62-60-58-56-54-52-50-48-46-44-42-40-38-33-31-29-27-25-23-21-19-17-15-13-11-9-7-2/h8,10,14,16,20,22,25-28,32,34,70,74H,6-7,9,11-13,15,17-19,21,23-24,29-31,33,35-69H2,1-5H3/b10-8-,16-14-,22-20-,27-25-,28-26-,34-32-. The molecule has 2 unspecified atom stereocenters. The van der Waals surface area contributed by atoms with Crippen LogP contribution in [0.1, 0.15) is 322 Å². The van der Waals surface area contributed by atoms with E-state index in [2.05, 4.69) is 86.8 Å². The smallest absolute Gasteiger partial charge is 0.306 e. The van der Waals surface area contributed by atoms with Crippen molar-refractivity contribution < 1.29 is 42.9 Å². The normalized spacial score (nSPS) is 13.1. The number of nitrogens with zero attached hydrogens (tertiary/aromatic N) is 1. The third kappa shape index (κ3) is 66.1. The van der Waals surface area contributed by atoms with Crippen molar-refractivity contribution in [3.8, 4) is 0 Å². The van der Waals surface area contributed by atoms with Crippen LogP contribution in [-0.4, -0.2) is 82.3 Å². The van der Waals surface area contributed by atoms with Gasteiger partial charge in [0.1, 0.15) is 13.2 Å². The summed E-state index contributed by atoms with van der Waals surface area (Å²) in [5.74, 6) is -2.27. The number of carbonyl (C=O) groups excluding carboxylic acids is 3. The maximum Gasteiger partial charge on any atom is 0.306 e. The zero-order chi connectivity index (χ0) is 60.5. The van der Waals surface area contributed by atoms with Crippen LogP contribution in [0.15, 0.2) is 72.9 Å². The molecule has 83 heavy (non-hydrogen) atoms. The number of quaternary nitrogens is 1. The molecule has 0 radical (unpaired) electrons. The summed E-state index contributed by atoms with van der Waals surface area (Å²) in [4.78, 5) is 37.5. The van der Waals surface area contributed by atoms with E-state index in [0.717, 1.165) is 70.6 Å². The quantitative estimate of drug-likeness (QED) is 0.0195. The monoisotopic (exact) mass is 1160 g/mol. The second-order valence-corrected chi connectivity index (χ2v) is 24.8. The van der Waals surface area contributed by atoms with Crippen LogP contribution in [-0.2, 0) is 33.3 Å². The van der Waals surface area contributed by atoms with Gasteiger partial charge in [-0.05, 0) is 83.5 Å². The van der Waals surface area contributed by atoms with Crippen LogP contribution in [0.5, 0.6) is 0 Å². The van der Waals surface area contributed by atoms with E-state index in [9.17, 15) is 19.5 Å². The number of unbranched alkanes of at least 4 members (excludes halogenated alkanes) is 38. The van der Waals surface area contributed by atoms with Crippen LogP contribution in [0.4, 0.5) is 0 Å². The molecule has 0 rings (SSSR count). The van der Waals surface area contributed by atoms with Gasteiger partial charge in [0, 0.05) is 12.8 Å². The van der Waals surface area contributed by atoms with Gasteiger partial charge in [-0.15, -0.1) is 0 Å². The molecule has 0 aromatic carbocycles. The van der Waals surface area contributed by atoms with Crippen molar-refractivity contribution in [1.29, 1.82) is 0 Å². The summed E-state index contributed by atoms with van der Waals surface area (Å²) in [6.45, 7) is 4.68. The minimum Gasteiger partial charge on any atom is -0.545 e. The van der Waals surface area contributed by atoms with Gasteiger partial charge in [0.2, 0.25) is 0 Å². The minimum absolute atomic E-state index is 0.147. The summed E-state index contributed by atoms with van der Waals surface area (Å²) in [6.07, 6.45) is 82.7. The molecule has 482 valence electrons. The molecule has 0 N–H and O–H groups in total. The number of likely N-dealkylation sites (N-methyl/N-ethyl adjacent to an activating group) is 1. The number of allylic oxidation sites excluding steroid dienone is 12. The van der Waals surface area contributed by atoms with Crippen LogP contribution in [0.3, 0.4) is 0 Å². The van der Waals surface area contributed by atoms with Crippen molar-refractivity contribution in [3.05, 3.63) is 72.9 Å². The molecule has 0 saturated carbocycles. The van der Waals surface area contributed by atoms with Gasteiger partial charge >= 0.3 is 11.9 Å². The fourth-order valence-corrected chi connectivity index (χ4v) is 10.1. The summed E-state index contributed by atoms with van der Waals surface area (Å²) in [5.41, 5.74) is 0. The molecule has 0 fully saturated rings. The van der Waals surface area contributed by atoms with Crippen LogP contribution >= 0.6 is 0 Å². The van der Waals surface area contributed by atoms with Crippen molar-refractivity contribution in [3.63, 3.8) is 0 Å². The Morgan fingerprint density at radius 1 is 0.373 bits per heavy atom. The molecule has 0 aliphatic carbocycles. The molecule has 0 amide bonds. The molecule has 0 heterocycles. The summed E-state index contributed by atoms with van der Waals surface area (Å²) in [7, 11) is 5.94. The van der Waals surface area contributed by atoms with Crippen LogP contribution in [0, 0.1) is 0 Å². The molecule has 9 heteroatoms. The van der Waals surface area contributed by atoms with Crippen molar-refractivity contribution in [2.75, 3.05) is 47.5 Å². The molecule has 2 atom stereocenters. The van der Waals surface area contributed by atoms with E-state index < -0.39 is 24.3 Å². The van der Waals surface area contributed by atoms with Gasteiger partial charge in [-0.2, -0.15) is 0 Å². The molecule has 0 aliphatic rings. The van der Waals surface area contributed by atoms with Crippen molar-refractivity contribution in [2.45, 2.75) is 334 Å². The molecule has 0 spiro atoms. The highest BCUT2D eigenvalue weighted by molar-refractivity contribution is 5.70. The number of rotatable bonds is 65. The van der Waals surface area contributed by atoms with Crippen LogP contribution in [0.25, 0.3) is 0 Å². The predicted molar refractivity (Wildman–Crippen MR) is 352 cm³/mol. The maximum atomic E-state index is 12.9. The topological polar surface area (TPSA) is 111 Å². The number of hydrogen-bond donors (Lipinski definition) is 0. The van der Waals surface area contributed by atoms with E-state index in [1.807, 2.05) is 21.1 Å². The van der Waals surface area contributed by atoms with Crippen LogP contribution < -0.4 is 5.11 Å². The average Bonchev–Trinajstić information content (AvgIpc) is 3.46. The molecule has 0 aromatic rings. The van der Waals surface area contributed by atoms with Crippen LogP contribution in [0.2, 0.25) is 0 Å². The molecule has 0 aliphatic heterocycles. The fourth-order valence-electron chi connectivity index (χ4n) is 10.1. The minimum atomic E-state index is -1.62. The molecular weight excluding hydrogens is 1030 g/mol. The van der Waals surface area contributed by atoms with E-state index in [1.54, 1.807) is 0 Å². The average molecular weight is 1160 g/mol. The van der Waals surface area contributed by atoms with Gasteiger partial charge in [0.05, 0.1) is 40.3 Å². The Balaban J connectivity index is 4.10. The Hall–Kier alpha value is -3.27. The van der Waals surface area contributed by atoms with Gasteiger partial charge < -0.3 is 33.3 Å². The first-order chi connectivity index (χ1) is 40.6. The second-order valence-electron chi connectivity index (χ2n) is 24.8. The lowest BCUT2D eigenvalue weighted by Gasteiger charge is -2.26. The highest BCUT2D eigenvalue weighted by atomic mass is 16.7. The first-order valence-corrected chi connectivity index (χ1v) is 35.1. The van der Waals surface area contributed by atoms with E-state index in [-0.39, 0.29) is 32.2 Å². The maximum absolute atomic E-state index is 12.9. The Morgan fingerprint density at radius 2 is 0.687 bits per heavy atom. The molecule has 0 aromatic heterocycles. The number of carbonyl (C=O) groups is 3. The van der Waals surface area contributed by atoms with Crippen molar-refractivity contribution in [2.24, 2.45) is 0 Å². The van der Waals surface area contributed by atoms with E-state index in [4.69, 9.17) is 18.9 Å². The highest BCUT2D eigenvalue weighted by Crippen LogP contribution is 2.18. The summed E-state index contributed by atoms with van der Waals surface area (Å²) in [5, 5.41) is 11.8. The Bertz CT molecular complexity index is 1590. The first kappa shape index (κ1) is 79.7. The lowest BCUT2D eigenvalue weighted by atomic mass is 10.0. The number of aliphatic carboxylic acids is 1. The number of ether oxygens (including phenoxy) is 4. The lowest BCUT2D eigenvalue weighted by Crippen LogP contribution is -2.44. The first-order valence-electron chi connectivity index (χ1n) is 35.1. The van der Waals surface area contributed by atoms with Crippen molar-refractivity contribution in [1.82, 2.24) is 0 Å². The van der Waals surface area contributed by atoms with Gasteiger partial charge in [-0.1, -0.05) is 299 Å². The number of carboxylic acids is 1. The molecular formula is C74H133NO8. The second kappa shape index (κ2) is 64.7. The fraction of sp³-hybridized carbons (Fsp3) is 0.797. The summed E-state index contributed by atoms with van der Waals surface area (Å²) in [6, 6.07) is 0. The van der Waals surface area contributed by atoms with Gasteiger partial charge in [-0.25, -0.2) is 0 Å². The number of esters is 2. The van der Waals surface area contributed by atoms with E-state index in [1.165, 1.54) is 218 Å². The molecule has 9 nitrogen and oxygen atoms in total. The summed E-state index contributed by atoms with van der Waals surface area (Å²) >= 11 is 0. The van der Waals surface area contributed by atoms with Gasteiger partial charge in [-0.3, -0.25) is 9.59 Å².